The van der Waals surface area contributed by atoms with Crippen molar-refractivity contribution < 1.29 is 9.13 Å². The number of benzene rings is 1. The van der Waals surface area contributed by atoms with Gasteiger partial charge in [0.25, 0.3) is 0 Å². The van der Waals surface area contributed by atoms with Crippen LogP contribution in [0.2, 0.25) is 0 Å². The molecule has 0 aliphatic rings. The molecule has 0 saturated carbocycles. The van der Waals surface area contributed by atoms with E-state index >= 15 is 0 Å². The van der Waals surface area contributed by atoms with Gasteiger partial charge in [-0.1, -0.05) is 12.1 Å². The van der Waals surface area contributed by atoms with E-state index in [9.17, 15) is 4.39 Å². The molecule has 0 aromatic heterocycles. The molecule has 0 unspecified atom stereocenters. The topological polar surface area (TPSA) is 48.9 Å². The lowest BCUT2D eigenvalue weighted by Gasteiger charge is -2.18. The molecule has 0 saturated heterocycles. The summed E-state index contributed by atoms with van der Waals surface area (Å²) in [6.45, 7) is 5.70. The van der Waals surface area contributed by atoms with E-state index in [1.807, 2.05) is 6.07 Å². The molecule has 1 aromatic rings. The fourth-order valence-electron chi connectivity index (χ4n) is 1.95. The lowest BCUT2D eigenvalue weighted by Crippen LogP contribution is -2.41. The van der Waals surface area contributed by atoms with Crippen LogP contribution in [0.15, 0.2) is 23.2 Å². The Hall–Kier alpha value is -0.930. The second-order valence-corrected chi connectivity index (χ2v) is 5.23. The Balaban J connectivity index is 0.00000484. The van der Waals surface area contributed by atoms with E-state index in [0.717, 1.165) is 37.8 Å². The van der Waals surface area contributed by atoms with Crippen molar-refractivity contribution >= 4 is 29.9 Å². The summed E-state index contributed by atoms with van der Waals surface area (Å²) in [5, 5.41) is 6.48. The molecule has 0 fully saturated rings. The highest BCUT2D eigenvalue weighted by molar-refractivity contribution is 14.0. The third kappa shape index (κ3) is 9.07. The number of aliphatic imine (C=N–C) groups is 1. The summed E-state index contributed by atoms with van der Waals surface area (Å²) >= 11 is 0. The van der Waals surface area contributed by atoms with Crippen LogP contribution >= 0.6 is 24.0 Å². The average Bonchev–Trinajstić information content (AvgIpc) is 2.51. The third-order valence-electron chi connectivity index (χ3n) is 3.37. The number of hydrogen-bond acceptors (Lipinski definition) is 3. The maximum atomic E-state index is 13.2. The second kappa shape index (κ2) is 12.5. The van der Waals surface area contributed by atoms with Crippen LogP contribution in [0.25, 0.3) is 0 Å². The molecule has 0 heterocycles. The fraction of sp³-hybridized carbons (Fsp3) is 0.562. The number of nitrogens with one attached hydrogen (secondary N) is 2. The number of hydrogen-bond donors (Lipinski definition) is 2. The molecular weight excluding hydrogens is 410 g/mol. The van der Waals surface area contributed by atoms with Gasteiger partial charge in [0.2, 0.25) is 0 Å². The molecule has 1 aromatic carbocycles. The molecule has 23 heavy (non-hydrogen) atoms. The monoisotopic (exact) mass is 438 g/mol. The first-order valence-corrected chi connectivity index (χ1v) is 7.44. The lowest BCUT2D eigenvalue weighted by molar-refractivity contribution is 0.162. The Kier molecular flexibility index (Phi) is 12.0. The van der Waals surface area contributed by atoms with Gasteiger partial charge in [0.15, 0.2) is 5.96 Å². The first-order chi connectivity index (χ1) is 10.6. The smallest absolute Gasteiger partial charge is 0.191 e. The van der Waals surface area contributed by atoms with Gasteiger partial charge in [-0.25, -0.2) is 4.39 Å². The fourth-order valence-corrected chi connectivity index (χ4v) is 1.95. The van der Waals surface area contributed by atoms with Crippen LogP contribution in [0, 0.1) is 12.7 Å². The Morgan fingerprint density at radius 1 is 1.30 bits per heavy atom. The van der Waals surface area contributed by atoms with Gasteiger partial charge in [0.1, 0.15) is 5.82 Å². The normalized spacial score (nSPS) is 11.3. The van der Waals surface area contributed by atoms with Gasteiger partial charge < -0.3 is 20.3 Å². The zero-order valence-electron chi connectivity index (χ0n) is 14.4. The predicted octanol–water partition coefficient (Wildman–Crippen LogP) is 2.00. The summed E-state index contributed by atoms with van der Waals surface area (Å²) in [6, 6.07) is 5.11. The zero-order chi connectivity index (χ0) is 16.4. The number of rotatable bonds is 8. The standard InChI is InChI=1S/C16H27FN4O.HI/c1-13-11-14(5-6-15(13)17)12-20-16(18-2)19-7-8-21(3)9-10-22-4;/h5-6,11H,7-10,12H2,1-4H3,(H2,18,19,20);1H. The average molecular weight is 438 g/mol. The molecule has 2 N–H and O–H groups in total. The third-order valence-corrected chi connectivity index (χ3v) is 3.37. The van der Waals surface area contributed by atoms with E-state index in [0.29, 0.717) is 12.1 Å². The minimum absolute atomic E-state index is 0. The van der Waals surface area contributed by atoms with E-state index in [-0.39, 0.29) is 29.8 Å². The molecule has 7 heteroatoms. The SMILES string of the molecule is CN=C(NCCN(C)CCOC)NCc1ccc(F)c(C)c1.I. The molecule has 5 nitrogen and oxygen atoms in total. The molecule has 0 aliphatic heterocycles. The molecule has 1 rings (SSSR count). The number of halogens is 2. The van der Waals surface area contributed by atoms with Gasteiger partial charge in [0.05, 0.1) is 6.61 Å². The van der Waals surface area contributed by atoms with Crippen molar-refractivity contribution in [1.82, 2.24) is 15.5 Å². The summed E-state index contributed by atoms with van der Waals surface area (Å²) < 4.78 is 18.3. The van der Waals surface area contributed by atoms with Gasteiger partial charge in [-0.05, 0) is 31.2 Å². The van der Waals surface area contributed by atoms with Crippen LogP contribution in [0.1, 0.15) is 11.1 Å². The van der Waals surface area contributed by atoms with E-state index in [1.165, 1.54) is 6.07 Å². The van der Waals surface area contributed by atoms with Crippen molar-refractivity contribution in [3.8, 4) is 0 Å². The largest absolute Gasteiger partial charge is 0.383 e. The molecule has 0 radical (unpaired) electrons. The minimum atomic E-state index is -0.176. The van der Waals surface area contributed by atoms with Gasteiger partial charge in [-0.3, -0.25) is 4.99 Å². The molecule has 0 amide bonds. The number of guanidine groups is 1. The van der Waals surface area contributed by atoms with Gasteiger partial charge >= 0.3 is 0 Å². The Labute approximate surface area is 155 Å². The van der Waals surface area contributed by atoms with Crippen molar-refractivity contribution in [1.29, 1.82) is 0 Å². The number of nitrogens with zero attached hydrogens (tertiary/aromatic N) is 2. The summed E-state index contributed by atoms with van der Waals surface area (Å²) in [5.74, 6) is 0.562. The zero-order valence-corrected chi connectivity index (χ0v) is 16.7. The quantitative estimate of drug-likeness (QED) is 0.371. The van der Waals surface area contributed by atoms with Gasteiger partial charge in [0, 0.05) is 40.3 Å². The number of aryl methyl sites for hydroxylation is 1. The van der Waals surface area contributed by atoms with Crippen LogP contribution in [0.3, 0.4) is 0 Å². The Bertz CT molecular complexity index is 485. The van der Waals surface area contributed by atoms with E-state index in [1.54, 1.807) is 27.1 Å². The molecule has 0 atom stereocenters. The minimum Gasteiger partial charge on any atom is -0.383 e. The van der Waals surface area contributed by atoms with E-state index in [2.05, 4.69) is 27.6 Å². The molecule has 0 spiro atoms. The Morgan fingerprint density at radius 2 is 2.04 bits per heavy atom. The van der Waals surface area contributed by atoms with Crippen LogP contribution in [0.5, 0.6) is 0 Å². The predicted molar refractivity (Wildman–Crippen MR) is 104 cm³/mol. The maximum Gasteiger partial charge on any atom is 0.191 e. The molecule has 0 aliphatic carbocycles. The Morgan fingerprint density at radius 3 is 2.65 bits per heavy atom. The van der Waals surface area contributed by atoms with Gasteiger partial charge in [-0.15, -0.1) is 24.0 Å². The van der Waals surface area contributed by atoms with Crippen molar-refractivity contribution in [2.45, 2.75) is 13.5 Å². The highest BCUT2D eigenvalue weighted by Crippen LogP contribution is 2.08. The first-order valence-electron chi connectivity index (χ1n) is 7.44. The molecule has 132 valence electrons. The van der Waals surface area contributed by atoms with Crippen molar-refractivity contribution in [2.75, 3.05) is 47.4 Å². The highest BCUT2D eigenvalue weighted by Gasteiger charge is 2.02. The van der Waals surface area contributed by atoms with E-state index in [4.69, 9.17) is 4.74 Å². The van der Waals surface area contributed by atoms with Crippen LogP contribution in [-0.4, -0.2) is 58.3 Å². The lowest BCUT2D eigenvalue weighted by atomic mass is 10.1. The number of likely N-dealkylation sites (N-methyl/N-ethyl adjacent to an activating group) is 1. The van der Waals surface area contributed by atoms with Crippen molar-refractivity contribution in [2.24, 2.45) is 4.99 Å². The summed E-state index contributed by atoms with van der Waals surface area (Å²) in [7, 11) is 5.49. The molecular formula is C16H28FIN4O. The summed E-state index contributed by atoms with van der Waals surface area (Å²) in [4.78, 5) is 6.37. The summed E-state index contributed by atoms with van der Waals surface area (Å²) in [5.41, 5.74) is 1.68. The molecule has 0 bridgehead atoms. The van der Waals surface area contributed by atoms with Crippen LogP contribution in [-0.2, 0) is 11.3 Å². The number of methoxy groups -OCH3 is 1. The van der Waals surface area contributed by atoms with Crippen LogP contribution < -0.4 is 10.6 Å². The van der Waals surface area contributed by atoms with E-state index < -0.39 is 0 Å². The highest BCUT2D eigenvalue weighted by atomic mass is 127. The van der Waals surface area contributed by atoms with Crippen molar-refractivity contribution in [3.05, 3.63) is 35.1 Å². The first kappa shape index (κ1) is 22.1. The van der Waals surface area contributed by atoms with Crippen molar-refractivity contribution in [3.63, 3.8) is 0 Å². The maximum absolute atomic E-state index is 13.2. The second-order valence-electron chi connectivity index (χ2n) is 5.23. The summed E-state index contributed by atoms with van der Waals surface area (Å²) in [6.07, 6.45) is 0. The van der Waals surface area contributed by atoms with Gasteiger partial charge in [-0.2, -0.15) is 0 Å². The van der Waals surface area contributed by atoms with Crippen LogP contribution in [0.4, 0.5) is 4.39 Å². The number of ether oxygens (including phenoxy) is 1.